The van der Waals surface area contributed by atoms with Gasteiger partial charge in [0, 0.05) is 30.5 Å². The van der Waals surface area contributed by atoms with Crippen LogP contribution in [0, 0.1) is 11.3 Å². The molecule has 1 aliphatic carbocycles. The third-order valence-electron chi connectivity index (χ3n) is 5.25. The van der Waals surface area contributed by atoms with E-state index in [1.165, 1.54) is 32.1 Å². The van der Waals surface area contributed by atoms with Gasteiger partial charge in [-0.2, -0.15) is 0 Å². The van der Waals surface area contributed by atoms with Gasteiger partial charge < -0.3 is 10.2 Å². The van der Waals surface area contributed by atoms with Gasteiger partial charge in [0.2, 0.25) is 11.8 Å². The summed E-state index contributed by atoms with van der Waals surface area (Å²) in [6.45, 7) is 7.33. The largest absolute Gasteiger partial charge is 0.353 e. The Kier molecular flexibility index (Phi) is 6.49. The van der Waals surface area contributed by atoms with E-state index in [1.54, 1.807) is 0 Å². The SMILES string of the molecule is CC(C)(C)C(=O)N1CCC(C(=O)NC2CCCCCCC2)CC1. The average molecular weight is 322 g/mol. The van der Waals surface area contributed by atoms with Gasteiger partial charge in [-0.05, 0) is 25.7 Å². The summed E-state index contributed by atoms with van der Waals surface area (Å²) < 4.78 is 0. The molecule has 2 fully saturated rings. The Hall–Kier alpha value is -1.06. The van der Waals surface area contributed by atoms with Crippen molar-refractivity contribution in [2.45, 2.75) is 84.6 Å². The number of likely N-dealkylation sites (tertiary alicyclic amines) is 1. The number of carbonyl (C=O) groups is 2. The van der Waals surface area contributed by atoms with Crippen molar-refractivity contribution >= 4 is 11.8 Å². The van der Waals surface area contributed by atoms with E-state index in [4.69, 9.17) is 0 Å². The molecule has 1 aliphatic heterocycles. The van der Waals surface area contributed by atoms with Crippen LogP contribution in [0.5, 0.6) is 0 Å². The van der Waals surface area contributed by atoms with Crippen molar-refractivity contribution in [2.24, 2.45) is 11.3 Å². The Bertz CT molecular complexity index is 398. The van der Waals surface area contributed by atoms with Crippen LogP contribution >= 0.6 is 0 Å². The normalized spacial score (nSPS) is 22.3. The Morgan fingerprint density at radius 2 is 1.39 bits per heavy atom. The molecule has 1 saturated carbocycles. The average Bonchev–Trinajstić information content (AvgIpc) is 2.48. The van der Waals surface area contributed by atoms with Crippen LogP contribution in [0.4, 0.5) is 0 Å². The van der Waals surface area contributed by atoms with Crippen molar-refractivity contribution in [3.8, 4) is 0 Å². The van der Waals surface area contributed by atoms with Crippen molar-refractivity contribution in [1.82, 2.24) is 10.2 Å². The van der Waals surface area contributed by atoms with Crippen molar-refractivity contribution in [1.29, 1.82) is 0 Å². The second-order valence-electron chi connectivity index (χ2n) is 8.37. The first-order valence-corrected chi connectivity index (χ1v) is 9.47. The fourth-order valence-corrected chi connectivity index (χ4v) is 3.74. The molecule has 4 nitrogen and oxygen atoms in total. The Morgan fingerprint density at radius 3 is 1.91 bits per heavy atom. The van der Waals surface area contributed by atoms with Crippen LogP contribution in [0.25, 0.3) is 0 Å². The van der Waals surface area contributed by atoms with E-state index in [0.717, 1.165) is 38.8 Å². The summed E-state index contributed by atoms with van der Waals surface area (Å²) in [7, 11) is 0. The third kappa shape index (κ3) is 5.50. The highest BCUT2D eigenvalue weighted by Gasteiger charge is 2.32. The van der Waals surface area contributed by atoms with Crippen LogP contribution in [-0.2, 0) is 9.59 Å². The Balaban J connectivity index is 1.78. The zero-order valence-electron chi connectivity index (χ0n) is 15.2. The molecule has 2 amide bonds. The number of hydrogen-bond acceptors (Lipinski definition) is 2. The van der Waals surface area contributed by atoms with Gasteiger partial charge in [0.15, 0.2) is 0 Å². The first-order valence-electron chi connectivity index (χ1n) is 9.47. The first kappa shape index (κ1) is 18.3. The molecule has 0 aromatic heterocycles. The minimum Gasteiger partial charge on any atom is -0.353 e. The zero-order chi connectivity index (χ0) is 16.9. The molecule has 1 heterocycles. The van der Waals surface area contributed by atoms with Crippen LogP contribution in [0.3, 0.4) is 0 Å². The molecule has 0 atom stereocenters. The van der Waals surface area contributed by atoms with Crippen molar-refractivity contribution < 1.29 is 9.59 Å². The van der Waals surface area contributed by atoms with E-state index in [9.17, 15) is 9.59 Å². The highest BCUT2D eigenvalue weighted by atomic mass is 16.2. The maximum absolute atomic E-state index is 12.5. The fraction of sp³-hybridized carbons (Fsp3) is 0.895. The smallest absolute Gasteiger partial charge is 0.227 e. The molecule has 2 rings (SSSR count). The van der Waals surface area contributed by atoms with Gasteiger partial charge in [0.25, 0.3) is 0 Å². The standard InChI is InChI=1S/C19H34N2O2/c1-19(2,3)18(23)21-13-11-15(12-14-21)17(22)20-16-9-7-5-4-6-8-10-16/h15-16H,4-14H2,1-3H3,(H,20,22). The number of carbonyl (C=O) groups excluding carboxylic acids is 2. The maximum atomic E-state index is 12.5. The number of nitrogens with one attached hydrogen (secondary N) is 1. The van der Waals surface area contributed by atoms with Gasteiger partial charge >= 0.3 is 0 Å². The van der Waals surface area contributed by atoms with E-state index < -0.39 is 0 Å². The van der Waals surface area contributed by atoms with E-state index in [2.05, 4.69) is 5.32 Å². The summed E-state index contributed by atoms with van der Waals surface area (Å²) in [5, 5.41) is 3.29. The lowest BCUT2D eigenvalue weighted by molar-refractivity contribution is -0.142. The number of nitrogens with zero attached hydrogens (tertiary/aromatic N) is 1. The molecule has 0 aromatic rings. The second-order valence-corrected chi connectivity index (χ2v) is 8.37. The lowest BCUT2D eigenvalue weighted by atomic mass is 9.90. The zero-order valence-corrected chi connectivity index (χ0v) is 15.2. The van der Waals surface area contributed by atoms with Gasteiger partial charge in [-0.25, -0.2) is 0 Å². The molecule has 23 heavy (non-hydrogen) atoms. The van der Waals surface area contributed by atoms with Crippen LogP contribution in [0.2, 0.25) is 0 Å². The van der Waals surface area contributed by atoms with Gasteiger partial charge in [-0.1, -0.05) is 52.9 Å². The molecule has 0 bridgehead atoms. The third-order valence-corrected chi connectivity index (χ3v) is 5.25. The monoisotopic (exact) mass is 322 g/mol. The van der Waals surface area contributed by atoms with Crippen LogP contribution in [0.15, 0.2) is 0 Å². The Morgan fingerprint density at radius 1 is 0.870 bits per heavy atom. The lowest BCUT2D eigenvalue weighted by Crippen LogP contribution is -2.48. The summed E-state index contributed by atoms with van der Waals surface area (Å²) in [4.78, 5) is 26.8. The van der Waals surface area contributed by atoms with E-state index in [-0.39, 0.29) is 23.1 Å². The van der Waals surface area contributed by atoms with Crippen molar-refractivity contribution in [2.75, 3.05) is 13.1 Å². The van der Waals surface area contributed by atoms with Gasteiger partial charge in [0.05, 0.1) is 0 Å². The van der Waals surface area contributed by atoms with Crippen molar-refractivity contribution in [3.05, 3.63) is 0 Å². The lowest BCUT2D eigenvalue weighted by Gasteiger charge is -2.35. The van der Waals surface area contributed by atoms with Gasteiger partial charge in [-0.3, -0.25) is 9.59 Å². The first-order chi connectivity index (χ1) is 10.9. The molecule has 0 radical (unpaired) electrons. The number of rotatable bonds is 2. The highest BCUT2D eigenvalue weighted by Crippen LogP contribution is 2.24. The molecule has 0 unspecified atom stereocenters. The fourth-order valence-electron chi connectivity index (χ4n) is 3.74. The summed E-state index contributed by atoms with van der Waals surface area (Å²) in [6.07, 6.45) is 10.3. The number of hydrogen-bond donors (Lipinski definition) is 1. The van der Waals surface area contributed by atoms with E-state index in [1.807, 2.05) is 25.7 Å². The highest BCUT2D eigenvalue weighted by molar-refractivity contribution is 5.82. The topological polar surface area (TPSA) is 49.4 Å². The summed E-state index contributed by atoms with van der Waals surface area (Å²) >= 11 is 0. The molecule has 4 heteroatoms. The molecule has 1 saturated heterocycles. The summed E-state index contributed by atoms with van der Waals surface area (Å²) in [5.74, 6) is 0.513. The van der Waals surface area contributed by atoms with Crippen LogP contribution in [0.1, 0.15) is 78.6 Å². The molecule has 132 valence electrons. The van der Waals surface area contributed by atoms with Gasteiger partial charge in [-0.15, -0.1) is 0 Å². The predicted octanol–water partition coefficient (Wildman–Crippen LogP) is 3.50. The number of piperidine rings is 1. The summed E-state index contributed by atoms with van der Waals surface area (Å²) in [5.41, 5.74) is -0.325. The van der Waals surface area contributed by atoms with Gasteiger partial charge in [0.1, 0.15) is 0 Å². The van der Waals surface area contributed by atoms with E-state index in [0.29, 0.717) is 6.04 Å². The Labute approximate surface area is 141 Å². The molecule has 0 aromatic carbocycles. The minimum atomic E-state index is -0.325. The maximum Gasteiger partial charge on any atom is 0.227 e. The minimum absolute atomic E-state index is 0.0875. The molecular formula is C19H34N2O2. The van der Waals surface area contributed by atoms with E-state index >= 15 is 0 Å². The van der Waals surface area contributed by atoms with Crippen LogP contribution < -0.4 is 5.32 Å². The molecular weight excluding hydrogens is 288 g/mol. The van der Waals surface area contributed by atoms with Crippen LogP contribution in [-0.4, -0.2) is 35.8 Å². The molecule has 0 spiro atoms. The summed E-state index contributed by atoms with van der Waals surface area (Å²) in [6, 6.07) is 0.372. The molecule has 1 N–H and O–H groups in total. The van der Waals surface area contributed by atoms with Crippen molar-refractivity contribution in [3.63, 3.8) is 0 Å². The molecule has 2 aliphatic rings. The second kappa shape index (κ2) is 8.16. The quantitative estimate of drug-likeness (QED) is 0.846. The predicted molar refractivity (Wildman–Crippen MR) is 93.0 cm³/mol. The number of amides is 2.